The Hall–Kier alpha value is -2.83. The van der Waals surface area contributed by atoms with Crippen LogP contribution in [0.1, 0.15) is 41.9 Å². The lowest BCUT2D eigenvalue weighted by Gasteiger charge is -2.36. The highest BCUT2D eigenvalue weighted by Crippen LogP contribution is 2.22. The molecule has 30 heavy (non-hydrogen) atoms. The van der Waals surface area contributed by atoms with Crippen LogP contribution in [0.25, 0.3) is 0 Å². The average molecular weight is 410 g/mol. The van der Waals surface area contributed by atoms with Gasteiger partial charge in [-0.1, -0.05) is 12.8 Å². The van der Waals surface area contributed by atoms with Gasteiger partial charge >= 0.3 is 0 Å². The summed E-state index contributed by atoms with van der Waals surface area (Å²) in [7, 11) is 1.67. The van der Waals surface area contributed by atoms with Crippen molar-refractivity contribution in [1.82, 2.24) is 14.9 Å². The third-order valence-corrected chi connectivity index (χ3v) is 5.95. The molecule has 2 aliphatic rings. The fourth-order valence-corrected chi connectivity index (χ4v) is 4.20. The molecule has 2 fully saturated rings. The Morgan fingerprint density at radius 3 is 2.17 bits per heavy atom. The molecule has 0 unspecified atom stereocenters. The first-order chi connectivity index (χ1) is 14.6. The van der Waals surface area contributed by atoms with Crippen molar-refractivity contribution in [2.24, 2.45) is 0 Å². The quantitative estimate of drug-likeness (QED) is 0.773. The van der Waals surface area contributed by atoms with Crippen LogP contribution < -0.4 is 14.5 Å². The Kier molecular flexibility index (Phi) is 6.35. The van der Waals surface area contributed by atoms with E-state index in [0.29, 0.717) is 24.7 Å². The summed E-state index contributed by atoms with van der Waals surface area (Å²) < 4.78 is 5.24. The van der Waals surface area contributed by atoms with Crippen LogP contribution in [0.4, 0.5) is 11.6 Å². The van der Waals surface area contributed by atoms with E-state index in [4.69, 9.17) is 4.74 Å². The van der Waals surface area contributed by atoms with Crippen molar-refractivity contribution in [2.45, 2.75) is 32.6 Å². The number of aryl methyl sites for hydroxylation is 1. The summed E-state index contributed by atoms with van der Waals surface area (Å²) >= 11 is 0. The molecule has 1 amide bonds. The number of hydrogen-bond donors (Lipinski definition) is 0. The third kappa shape index (κ3) is 4.66. The van der Waals surface area contributed by atoms with Gasteiger partial charge in [0.1, 0.15) is 11.4 Å². The molecule has 0 atom stereocenters. The SMILES string of the molecule is COc1ccc(N2CCN(C(=O)c3cc(C)nc(N4CCCCCC4)n3)CC2)cc1. The van der Waals surface area contributed by atoms with Gasteiger partial charge in [-0.3, -0.25) is 4.79 Å². The number of ether oxygens (including phenoxy) is 1. The molecular formula is C23H31N5O2. The zero-order valence-electron chi connectivity index (χ0n) is 18.0. The second kappa shape index (κ2) is 9.32. The summed E-state index contributed by atoms with van der Waals surface area (Å²) in [6.07, 6.45) is 4.83. The lowest BCUT2D eigenvalue weighted by molar-refractivity contribution is 0.0740. The van der Waals surface area contributed by atoms with E-state index in [1.165, 1.54) is 12.8 Å². The van der Waals surface area contributed by atoms with E-state index in [0.717, 1.165) is 56.2 Å². The summed E-state index contributed by atoms with van der Waals surface area (Å²) in [6, 6.07) is 9.90. The van der Waals surface area contributed by atoms with E-state index in [1.807, 2.05) is 30.0 Å². The maximum Gasteiger partial charge on any atom is 0.272 e. The fraction of sp³-hybridized carbons (Fsp3) is 0.522. The van der Waals surface area contributed by atoms with Crippen molar-refractivity contribution in [1.29, 1.82) is 0 Å². The predicted molar refractivity (Wildman–Crippen MR) is 119 cm³/mol. The van der Waals surface area contributed by atoms with E-state index in [2.05, 4.69) is 31.9 Å². The highest BCUT2D eigenvalue weighted by Gasteiger charge is 2.25. The number of carbonyl (C=O) groups excluding carboxylic acids is 1. The number of hydrogen-bond acceptors (Lipinski definition) is 6. The Bertz CT molecular complexity index is 854. The molecule has 2 saturated heterocycles. The molecule has 7 nitrogen and oxygen atoms in total. The average Bonchev–Trinajstić information content (AvgIpc) is 3.08. The summed E-state index contributed by atoms with van der Waals surface area (Å²) in [4.78, 5) is 28.9. The highest BCUT2D eigenvalue weighted by atomic mass is 16.5. The monoisotopic (exact) mass is 409 g/mol. The number of amides is 1. The van der Waals surface area contributed by atoms with Crippen LogP contribution in [0.5, 0.6) is 5.75 Å². The highest BCUT2D eigenvalue weighted by molar-refractivity contribution is 5.93. The summed E-state index contributed by atoms with van der Waals surface area (Å²) in [5.74, 6) is 1.56. The van der Waals surface area contributed by atoms with Crippen LogP contribution in [0.2, 0.25) is 0 Å². The van der Waals surface area contributed by atoms with Crippen molar-refractivity contribution in [3.63, 3.8) is 0 Å². The molecule has 0 saturated carbocycles. The Balaban J connectivity index is 1.42. The molecule has 7 heteroatoms. The van der Waals surface area contributed by atoms with Crippen molar-refractivity contribution in [3.05, 3.63) is 41.7 Å². The summed E-state index contributed by atoms with van der Waals surface area (Å²) in [6.45, 7) is 6.87. The molecule has 0 aliphatic carbocycles. The first kappa shape index (κ1) is 20.4. The van der Waals surface area contributed by atoms with Crippen molar-refractivity contribution in [2.75, 3.05) is 56.2 Å². The van der Waals surface area contributed by atoms with Crippen LogP contribution >= 0.6 is 0 Å². The molecule has 0 spiro atoms. The van der Waals surface area contributed by atoms with Gasteiger partial charge in [-0.25, -0.2) is 9.97 Å². The Labute approximate surface area is 178 Å². The number of anilines is 2. The number of aromatic nitrogens is 2. The number of methoxy groups -OCH3 is 1. The minimum Gasteiger partial charge on any atom is -0.497 e. The van der Waals surface area contributed by atoms with Gasteiger partial charge in [-0.15, -0.1) is 0 Å². The van der Waals surface area contributed by atoms with E-state index >= 15 is 0 Å². The van der Waals surface area contributed by atoms with Crippen LogP contribution in [0.3, 0.4) is 0 Å². The lowest BCUT2D eigenvalue weighted by atomic mass is 10.2. The molecule has 0 bridgehead atoms. The first-order valence-corrected chi connectivity index (χ1v) is 10.9. The maximum atomic E-state index is 13.2. The lowest BCUT2D eigenvalue weighted by Crippen LogP contribution is -2.49. The van der Waals surface area contributed by atoms with Crippen molar-refractivity contribution >= 4 is 17.5 Å². The largest absolute Gasteiger partial charge is 0.497 e. The van der Waals surface area contributed by atoms with E-state index in [9.17, 15) is 4.79 Å². The van der Waals surface area contributed by atoms with Gasteiger partial charge in [0.05, 0.1) is 7.11 Å². The third-order valence-electron chi connectivity index (χ3n) is 5.95. The summed E-state index contributed by atoms with van der Waals surface area (Å²) in [5.41, 5.74) is 2.52. The number of carbonyl (C=O) groups is 1. The molecular weight excluding hydrogens is 378 g/mol. The number of nitrogens with zero attached hydrogens (tertiary/aromatic N) is 5. The van der Waals surface area contributed by atoms with Crippen LogP contribution in [-0.4, -0.2) is 67.2 Å². The van der Waals surface area contributed by atoms with Gasteiger partial charge in [0.15, 0.2) is 0 Å². The minimum absolute atomic E-state index is 0.00551. The van der Waals surface area contributed by atoms with Gasteiger partial charge < -0.3 is 19.4 Å². The van der Waals surface area contributed by atoms with Crippen molar-refractivity contribution in [3.8, 4) is 5.75 Å². The van der Waals surface area contributed by atoms with E-state index in [1.54, 1.807) is 7.11 Å². The van der Waals surface area contributed by atoms with Gasteiger partial charge in [0.2, 0.25) is 5.95 Å². The standard InChI is InChI=1S/C23H31N5O2/c1-18-17-21(25-23(24-18)28-11-5-3-4-6-12-28)22(29)27-15-13-26(14-16-27)19-7-9-20(30-2)10-8-19/h7-10,17H,3-6,11-16H2,1-2H3. The molecule has 0 radical (unpaired) electrons. The minimum atomic E-state index is 0.00551. The van der Waals surface area contributed by atoms with E-state index in [-0.39, 0.29) is 5.91 Å². The number of benzene rings is 1. The number of piperazine rings is 1. The zero-order chi connectivity index (χ0) is 20.9. The van der Waals surface area contributed by atoms with Crippen LogP contribution in [0, 0.1) is 6.92 Å². The van der Waals surface area contributed by atoms with Gasteiger partial charge in [0, 0.05) is 50.6 Å². The van der Waals surface area contributed by atoms with Gasteiger partial charge in [-0.2, -0.15) is 0 Å². The first-order valence-electron chi connectivity index (χ1n) is 10.9. The molecule has 160 valence electrons. The second-order valence-electron chi connectivity index (χ2n) is 8.07. The normalized spacial score (nSPS) is 17.6. The molecule has 2 aliphatic heterocycles. The molecule has 2 aromatic rings. The predicted octanol–water partition coefficient (Wildman–Crippen LogP) is 3.14. The molecule has 1 aromatic heterocycles. The van der Waals surface area contributed by atoms with Crippen LogP contribution in [-0.2, 0) is 0 Å². The molecule has 0 N–H and O–H groups in total. The molecule has 1 aromatic carbocycles. The topological polar surface area (TPSA) is 61.8 Å². The second-order valence-corrected chi connectivity index (χ2v) is 8.07. The van der Waals surface area contributed by atoms with Gasteiger partial charge in [-0.05, 0) is 50.1 Å². The van der Waals surface area contributed by atoms with Crippen molar-refractivity contribution < 1.29 is 9.53 Å². The summed E-state index contributed by atoms with van der Waals surface area (Å²) in [5, 5.41) is 0. The Morgan fingerprint density at radius 1 is 0.867 bits per heavy atom. The zero-order valence-corrected chi connectivity index (χ0v) is 18.0. The van der Waals surface area contributed by atoms with Crippen LogP contribution in [0.15, 0.2) is 30.3 Å². The molecule has 3 heterocycles. The fourth-order valence-electron chi connectivity index (χ4n) is 4.20. The smallest absolute Gasteiger partial charge is 0.272 e. The van der Waals surface area contributed by atoms with Gasteiger partial charge in [0.25, 0.3) is 5.91 Å². The number of rotatable bonds is 4. The maximum absolute atomic E-state index is 13.2. The Morgan fingerprint density at radius 2 is 1.53 bits per heavy atom. The molecule has 4 rings (SSSR count). The van der Waals surface area contributed by atoms with E-state index < -0.39 is 0 Å².